The van der Waals surface area contributed by atoms with Crippen LogP contribution in [0.25, 0.3) is 0 Å². The highest BCUT2D eigenvalue weighted by Gasteiger charge is 2.21. The van der Waals surface area contributed by atoms with Gasteiger partial charge in [-0.25, -0.2) is 0 Å². The van der Waals surface area contributed by atoms with Gasteiger partial charge in [0.15, 0.2) is 0 Å². The standard InChI is InChI=1S/C10H20N2O2/c1-14-6-2-5-11-8-10(13)12-7-9-3-4-9/h9,11H,2-8H2,1H3,(H,12,13). The van der Waals surface area contributed by atoms with E-state index >= 15 is 0 Å². The summed E-state index contributed by atoms with van der Waals surface area (Å²) in [5, 5.41) is 5.97. The second-order valence-electron chi connectivity index (χ2n) is 3.77. The van der Waals surface area contributed by atoms with E-state index in [1.54, 1.807) is 7.11 Å². The van der Waals surface area contributed by atoms with Gasteiger partial charge in [0.05, 0.1) is 6.54 Å². The summed E-state index contributed by atoms with van der Waals surface area (Å²) in [5.41, 5.74) is 0. The number of hydrogen-bond donors (Lipinski definition) is 2. The van der Waals surface area contributed by atoms with Gasteiger partial charge in [-0.3, -0.25) is 4.79 Å². The lowest BCUT2D eigenvalue weighted by atomic mass is 10.4. The van der Waals surface area contributed by atoms with Crippen LogP contribution in [0.5, 0.6) is 0 Å². The summed E-state index contributed by atoms with van der Waals surface area (Å²) in [4.78, 5) is 11.2. The third-order valence-electron chi connectivity index (χ3n) is 2.27. The van der Waals surface area contributed by atoms with Gasteiger partial charge in [0, 0.05) is 20.3 Å². The van der Waals surface area contributed by atoms with E-state index in [4.69, 9.17) is 4.74 Å². The van der Waals surface area contributed by atoms with E-state index in [0.717, 1.165) is 32.0 Å². The van der Waals surface area contributed by atoms with Crippen LogP contribution in [0.2, 0.25) is 0 Å². The highest BCUT2D eigenvalue weighted by atomic mass is 16.5. The molecule has 1 rings (SSSR count). The Kier molecular flexibility index (Phi) is 5.56. The molecule has 1 amide bonds. The van der Waals surface area contributed by atoms with Crippen molar-refractivity contribution in [3.05, 3.63) is 0 Å². The number of nitrogens with one attached hydrogen (secondary N) is 2. The molecule has 1 aliphatic carbocycles. The molecule has 1 saturated carbocycles. The second kappa shape index (κ2) is 6.79. The van der Waals surface area contributed by atoms with Crippen molar-refractivity contribution < 1.29 is 9.53 Å². The number of ether oxygens (including phenoxy) is 1. The van der Waals surface area contributed by atoms with Gasteiger partial charge in [-0.2, -0.15) is 0 Å². The normalized spacial score (nSPS) is 15.5. The fourth-order valence-corrected chi connectivity index (χ4v) is 1.19. The Morgan fingerprint density at radius 3 is 2.93 bits per heavy atom. The van der Waals surface area contributed by atoms with Crippen LogP contribution < -0.4 is 10.6 Å². The first kappa shape index (κ1) is 11.5. The van der Waals surface area contributed by atoms with Gasteiger partial charge < -0.3 is 15.4 Å². The maximum atomic E-state index is 11.2. The van der Waals surface area contributed by atoms with E-state index in [1.165, 1.54) is 12.8 Å². The smallest absolute Gasteiger partial charge is 0.233 e. The van der Waals surface area contributed by atoms with E-state index in [9.17, 15) is 4.79 Å². The maximum absolute atomic E-state index is 11.2. The predicted octanol–water partition coefficient (Wildman–Crippen LogP) is 0.139. The maximum Gasteiger partial charge on any atom is 0.233 e. The number of amides is 1. The molecule has 0 unspecified atom stereocenters. The van der Waals surface area contributed by atoms with Crippen LogP contribution in [-0.2, 0) is 9.53 Å². The van der Waals surface area contributed by atoms with E-state index in [1.807, 2.05) is 0 Å². The second-order valence-corrected chi connectivity index (χ2v) is 3.77. The Labute approximate surface area is 85.4 Å². The number of carbonyl (C=O) groups excluding carboxylic acids is 1. The van der Waals surface area contributed by atoms with Gasteiger partial charge in [-0.05, 0) is 31.7 Å². The Morgan fingerprint density at radius 1 is 1.50 bits per heavy atom. The van der Waals surface area contributed by atoms with Gasteiger partial charge in [-0.1, -0.05) is 0 Å². The van der Waals surface area contributed by atoms with Crippen molar-refractivity contribution in [2.45, 2.75) is 19.3 Å². The largest absolute Gasteiger partial charge is 0.385 e. The lowest BCUT2D eigenvalue weighted by Gasteiger charge is -2.05. The van der Waals surface area contributed by atoms with Gasteiger partial charge in [-0.15, -0.1) is 0 Å². The Bertz CT molecular complexity index is 170. The molecular weight excluding hydrogens is 180 g/mol. The first-order valence-electron chi connectivity index (χ1n) is 5.29. The van der Waals surface area contributed by atoms with E-state index in [0.29, 0.717) is 6.54 Å². The average Bonchev–Trinajstić information content (AvgIpc) is 2.98. The van der Waals surface area contributed by atoms with Crippen molar-refractivity contribution in [2.75, 3.05) is 33.4 Å². The van der Waals surface area contributed by atoms with Crippen molar-refractivity contribution in [1.29, 1.82) is 0 Å². The molecule has 4 nitrogen and oxygen atoms in total. The zero-order valence-corrected chi connectivity index (χ0v) is 8.84. The summed E-state index contributed by atoms with van der Waals surface area (Å²) >= 11 is 0. The van der Waals surface area contributed by atoms with Crippen molar-refractivity contribution in [3.8, 4) is 0 Å². The molecule has 2 N–H and O–H groups in total. The van der Waals surface area contributed by atoms with Crippen LogP contribution in [0, 0.1) is 5.92 Å². The summed E-state index contributed by atoms with van der Waals surface area (Å²) in [6.07, 6.45) is 3.51. The fraction of sp³-hybridized carbons (Fsp3) is 0.900. The van der Waals surface area contributed by atoms with Crippen LogP contribution in [0.3, 0.4) is 0 Å². The Balaban J connectivity index is 1.81. The zero-order chi connectivity index (χ0) is 10.2. The van der Waals surface area contributed by atoms with Crippen LogP contribution >= 0.6 is 0 Å². The summed E-state index contributed by atoms with van der Waals surface area (Å²) in [5.74, 6) is 0.863. The third-order valence-corrected chi connectivity index (χ3v) is 2.27. The molecule has 0 saturated heterocycles. The molecule has 0 aromatic heterocycles. The first-order chi connectivity index (χ1) is 6.83. The molecule has 4 heteroatoms. The molecule has 0 bridgehead atoms. The minimum absolute atomic E-state index is 0.106. The molecule has 0 atom stereocenters. The van der Waals surface area contributed by atoms with Gasteiger partial charge in [0.2, 0.25) is 5.91 Å². The minimum atomic E-state index is 0.106. The molecule has 0 spiro atoms. The van der Waals surface area contributed by atoms with E-state index < -0.39 is 0 Å². The predicted molar refractivity (Wildman–Crippen MR) is 55.1 cm³/mol. The van der Waals surface area contributed by atoms with E-state index in [-0.39, 0.29) is 5.91 Å². The molecule has 0 aromatic carbocycles. The molecule has 1 aliphatic rings. The van der Waals surface area contributed by atoms with Crippen LogP contribution in [0.4, 0.5) is 0 Å². The lowest BCUT2D eigenvalue weighted by Crippen LogP contribution is -2.35. The fourth-order valence-electron chi connectivity index (χ4n) is 1.19. The number of rotatable bonds is 8. The zero-order valence-electron chi connectivity index (χ0n) is 8.84. The van der Waals surface area contributed by atoms with Crippen molar-refractivity contribution in [1.82, 2.24) is 10.6 Å². The molecule has 1 fully saturated rings. The summed E-state index contributed by atoms with van der Waals surface area (Å²) < 4.78 is 4.90. The highest BCUT2D eigenvalue weighted by Crippen LogP contribution is 2.27. The third kappa shape index (κ3) is 5.94. The molecule has 0 radical (unpaired) electrons. The molecule has 0 aromatic rings. The number of methoxy groups -OCH3 is 1. The van der Waals surface area contributed by atoms with Crippen molar-refractivity contribution in [3.63, 3.8) is 0 Å². The van der Waals surface area contributed by atoms with Crippen molar-refractivity contribution >= 4 is 5.91 Å². The van der Waals surface area contributed by atoms with Crippen LogP contribution in [-0.4, -0.2) is 39.3 Å². The molecule has 0 heterocycles. The SMILES string of the molecule is COCCCNCC(=O)NCC1CC1. The number of hydrogen-bond acceptors (Lipinski definition) is 3. The Hall–Kier alpha value is -0.610. The van der Waals surface area contributed by atoms with Gasteiger partial charge in [0.1, 0.15) is 0 Å². The van der Waals surface area contributed by atoms with Crippen molar-refractivity contribution in [2.24, 2.45) is 5.92 Å². The summed E-state index contributed by atoms with van der Waals surface area (Å²) in [6.45, 7) is 2.87. The summed E-state index contributed by atoms with van der Waals surface area (Å²) in [7, 11) is 1.68. The molecule has 0 aliphatic heterocycles. The van der Waals surface area contributed by atoms with Gasteiger partial charge in [0.25, 0.3) is 0 Å². The van der Waals surface area contributed by atoms with Gasteiger partial charge >= 0.3 is 0 Å². The van der Waals surface area contributed by atoms with E-state index in [2.05, 4.69) is 10.6 Å². The monoisotopic (exact) mass is 200 g/mol. The quantitative estimate of drug-likeness (QED) is 0.548. The summed E-state index contributed by atoms with van der Waals surface area (Å²) in [6, 6.07) is 0. The van der Waals surface area contributed by atoms with Crippen LogP contribution in [0.15, 0.2) is 0 Å². The van der Waals surface area contributed by atoms with Crippen LogP contribution in [0.1, 0.15) is 19.3 Å². The Morgan fingerprint density at radius 2 is 2.29 bits per heavy atom. The number of carbonyl (C=O) groups is 1. The molecule has 82 valence electrons. The molecule has 14 heavy (non-hydrogen) atoms. The average molecular weight is 200 g/mol. The highest BCUT2D eigenvalue weighted by molar-refractivity contribution is 5.77. The lowest BCUT2D eigenvalue weighted by molar-refractivity contribution is -0.120. The molecular formula is C10H20N2O2. The topological polar surface area (TPSA) is 50.4 Å². The minimum Gasteiger partial charge on any atom is -0.385 e. The first-order valence-corrected chi connectivity index (χ1v) is 5.29.